The minimum Gasteiger partial charge on any atom is -0.447 e. The van der Waals surface area contributed by atoms with E-state index >= 15 is 0 Å². The van der Waals surface area contributed by atoms with Crippen LogP contribution in [0.1, 0.15) is 10.4 Å². The van der Waals surface area contributed by atoms with Gasteiger partial charge in [-0.05, 0) is 12.1 Å². The summed E-state index contributed by atoms with van der Waals surface area (Å²) >= 11 is 0. The molecule has 18 heavy (non-hydrogen) atoms. The molecule has 6 heteroatoms. The number of aliphatic hydroxyl groups is 1. The monoisotopic (exact) mass is 252 g/mol. The number of amides is 2. The van der Waals surface area contributed by atoms with E-state index in [2.05, 4.69) is 10.1 Å². The Bertz CT molecular complexity index is 432. The number of anilines is 1. The Morgan fingerprint density at radius 3 is 2.61 bits per heavy atom. The normalized spacial score (nSPS) is 9.72. The predicted molar refractivity (Wildman–Crippen MR) is 66.5 cm³/mol. The molecule has 98 valence electrons. The van der Waals surface area contributed by atoms with Gasteiger partial charge in [0, 0.05) is 14.1 Å². The molecule has 0 heterocycles. The smallest absolute Gasteiger partial charge is 0.411 e. The van der Waals surface area contributed by atoms with Crippen molar-refractivity contribution in [1.29, 1.82) is 0 Å². The Morgan fingerprint density at radius 1 is 1.33 bits per heavy atom. The van der Waals surface area contributed by atoms with Crippen molar-refractivity contribution in [3.8, 4) is 0 Å². The molecular weight excluding hydrogens is 236 g/mol. The Labute approximate surface area is 105 Å². The molecule has 2 N–H and O–H groups in total. The summed E-state index contributed by atoms with van der Waals surface area (Å²) in [7, 11) is 3.26. The van der Waals surface area contributed by atoms with E-state index in [1.165, 1.54) is 4.90 Å². The number of hydrogen-bond acceptors (Lipinski definition) is 4. The van der Waals surface area contributed by atoms with Gasteiger partial charge in [-0.1, -0.05) is 12.1 Å². The van der Waals surface area contributed by atoms with Crippen LogP contribution in [-0.2, 0) is 4.74 Å². The first kappa shape index (κ1) is 14.0. The number of aliphatic hydroxyl groups excluding tert-OH is 1. The van der Waals surface area contributed by atoms with Crippen molar-refractivity contribution < 1.29 is 19.4 Å². The number of carbonyl (C=O) groups is 2. The van der Waals surface area contributed by atoms with Crippen molar-refractivity contribution in [3.05, 3.63) is 29.8 Å². The van der Waals surface area contributed by atoms with E-state index in [-0.39, 0.29) is 19.1 Å². The first-order valence-electron chi connectivity index (χ1n) is 5.41. The first-order valence-corrected chi connectivity index (χ1v) is 5.41. The Morgan fingerprint density at radius 2 is 2.00 bits per heavy atom. The van der Waals surface area contributed by atoms with Gasteiger partial charge in [0.1, 0.15) is 6.61 Å². The maximum atomic E-state index is 11.9. The third-order valence-corrected chi connectivity index (χ3v) is 2.12. The van der Waals surface area contributed by atoms with Gasteiger partial charge in [0.05, 0.1) is 17.9 Å². The minimum atomic E-state index is -0.706. The highest BCUT2D eigenvalue weighted by Gasteiger charge is 2.14. The highest BCUT2D eigenvalue weighted by molar-refractivity contribution is 6.02. The molecule has 6 nitrogen and oxygen atoms in total. The summed E-state index contributed by atoms with van der Waals surface area (Å²) in [5, 5.41) is 11.0. The standard InChI is InChI=1S/C12H16N2O4/c1-14(2)11(16)9-5-3-4-6-10(9)13-12(17)18-8-7-15/h3-6,15H,7-8H2,1-2H3,(H,13,17). The van der Waals surface area contributed by atoms with Gasteiger partial charge >= 0.3 is 6.09 Å². The van der Waals surface area contributed by atoms with Gasteiger partial charge < -0.3 is 14.7 Å². The van der Waals surface area contributed by atoms with Crippen LogP contribution in [0.4, 0.5) is 10.5 Å². The quantitative estimate of drug-likeness (QED) is 0.835. The molecule has 0 aromatic heterocycles. The van der Waals surface area contributed by atoms with Crippen molar-refractivity contribution in [1.82, 2.24) is 4.90 Å². The first-order chi connectivity index (χ1) is 8.56. The maximum Gasteiger partial charge on any atom is 0.411 e. The van der Waals surface area contributed by atoms with Crippen molar-refractivity contribution in [2.24, 2.45) is 0 Å². The maximum absolute atomic E-state index is 11.9. The zero-order valence-electron chi connectivity index (χ0n) is 10.3. The molecule has 0 atom stereocenters. The highest BCUT2D eigenvalue weighted by atomic mass is 16.6. The van der Waals surface area contributed by atoms with Crippen LogP contribution in [0.15, 0.2) is 24.3 Å². The van der Waals surface area contributed by atoms with Gasteiger partial charge in [-0.25, -0.2) is 4.79 Å². The lowest BCUT2D eigenvalue weighted by Gasteiger charge is -2.14. The second-order valence-corrected chi connectivity index (χ2v) is 3.73. The zero-order valence-corrected chi connectivity index (χ0v) is 10.3. The number of nitrogens with zero attached hydrogens (tertiary/aromatic N) is 1. The molecule has 0 aliphatic heterocycles. The van der Waals surface area contributed by atoms with Gasteiger partial charge in [-0.3, -0.25) is 10.1 Å². The van der Waals surface area contributed by atoms with E-state index in [9.17, 15) is 9.59 Å². The predicted octanol–water partition coefficient (Wildman–Crippen LogP) is 0.929. The molecule has 0 saturated carbocycles. The zero-order chi connectivity index (χ0) is 13.5. The molecule has 0 aliphatic rings. The second-order valence-electron chi connectivity index (χ2n) is 3.73. The minimum absolute atomic E-state index is 0.0877. The Hall–Kier alpha value is -2.08. The molecule has 0 spiro atoms. The van der Waals surface area contributed by atoms with E-state index in [0.717, 1.165) is 0 Å². The van der Waals surface area contributed by atoms with Crippen LogP contribution in [0.2, 0.25) is 0 Å². The van der Waals surface area contributed by atoms with Gasteiger partial charge in [0.25, 0.3) is 5.91 Å². The van der Waals surface area contributed by atoms with E-state index in [1.807, 2.05) is 0 Å². The van der Waals surface area contributed by atoms with Crippen LogP contribution >= 0.6 is 0 Å². The Kier molecular flexibility index (Phi) is 5.13. The average Bonchev–Trinajstić information content (AvgIpc) is 2.36. The van der Waals surface area contributed by atoms with Crippen LogP contribution in [-0.4, -0.2) is 49.3 Å². The number of para-hydroxylation sites is 1. The van der Waals surface area contributed by atoms with E-state index in [1.54, 1.807) is 38.4 Å². The summed E-state index contributed by atoms with van der Waals surface area (Å²) < 4.78 is 4.67. The van der Waals surface area contributed by atoms with Gasteiger partial charge in [0.15, 0.2) is 0 Å². The summed E-state index contributed by atoms with van der Waals surface area (Å²) in [5.74, 6) is -0.215. The van der Waals surface area contributed by atoms with Crippen molar-refractivity contribution >= 4 is 17.7 Å². The molecule has 0 radical (unpaired) electrons. The van der Waals surface area contributed by atoms with Gasteiger partial charge in [-0.15, -0.1) is 0 Å². The lowest BCUT2D eigenvalue weighted by atomic mass is 10.1. The molecule has 0 bridgehead atoms. The van der Waals surface area contributed by atoms with Crippen LogP contribution in [0.25, 0.3) is 0 Å². The van der Waals surface area contributed by atoms with Gasteiger partial charge in [0.2, 0.25) is 0 Å². The second kappa shape index (κ2) is 6.61. The number of benzene rings is 1. The molecule has 0 fully saturated rings. The van der Waals surface area contributed by atoms with Crippen LogP contribution in [0.3, 0.4) is 0 Å². The van der Waals surface area contributed by atoms with Crippen molar-refractivity contribution in [2.45, 2.75) is 0 Å². The van der Waals surface area contributed by atoms with E-state index < -0.39 is 6.09 Å². The van der Waals surface area contributed by atoms with E-state index in [0.29, 0.717) is 11.3 Å². The highest BCUT2D eigenvalue weighted by Crippen LogP contribution is 2.16. The van der Waals surface area contributed by atoms with E-state index in [4.69, 9.17) is 5.11 Å². The molecular formula is C12H16N2O4. The average molecular weight is 252 g/mol. The summed E-state index contributed by atoms with van der Waals surface area (Å²) in [5.41, 5.74) is 0.752. The van der Waals surface area contributed by atoms with Crippen LogP contribution < -0.4 is 5.32 Å². The molecule has 0 saturated heterocycles. The lowest BCUT2D eigenvalue weighted by Crippen LogP contribution is -2.24. The topological polar surface area (TPSA) is 78.9 Å². The number of nitrogens with one attached hydrogen (secondary N) is 1. The summed E-state index contributed by atoms with van der Waals surface area (Å²) in [4.78, 5) is 24.6. The molecule has 1 rings (SSSR count). The number of ether oxygens (including phenoxy) is 1. The number of rotatable bonds is 4. The third-order valence-electron chi connectivity index (χ3n) is 2.12. The van der Waals surface area contributed by atoms with Crippen molar-refractivity contribution in [3.63, 3.8) is 0 Å². The van der Waals surface area contributed by atoms with Gasteiger partial charge in [-0.2, -0.15) is 0 Å². The third kappa shape index (κ3) is 3.74. The fourth-order valence-electron chi connectivity index (χ4n) is 1.30. The fourth-order valence-corrected chi connectivity index (χ4v) is 1.30. The summed E-state index contributed by atoms with van der Waals surface area (Å²) in [6.45, 7) is -0.332. The largest absolute Gasteiger partial charge is 0.447 e. The number of hydrogen-bond donors (Lipinski definition) is 2. The molecule has 0 aliphatic carbocycles. The molecule has 0 unspecified atom stereocenters. The molecule has 1 aromatic carbocycles. The SMILES string of the molecule is CN(C)C(=O)c1ccccc1NC(=O)OCCO. The number of carbonyl (C=O) groups excluding carboxylic acids is 2. The fraction of sp³-hybridized carbons (Fsp3) is 0.333. The summed E-state index contributed by atoms with van der Waals surface area (Å²) in [6, 6.07) is 6.63. The lowest BCUT2D eigenvalue weighted by molar-refractivity contribution is 0.0828. The summed E-state index contributed by atoms with van der Waals surface area (Å²) in [6.07, 6.45) is -0.706. The van der Waals surface area contributed by atoms with Crippen LogP contribution in [0, 0.1) is 0 Å². The van der Waals surface area contributed by atoms with Crippen LogP contribution in [0.5, 0.6) is 0 Å². The molecule has 1 aromatic rings. The Balaban J connectivity index is 2.82. The molecule has 2 amide bonds. The van der Waals surface area contributed by atoms with Crippen molar-refractivity contribution in [2.75, 3.05) is 32.6 Å².